The molecule has 1 aromatic carbocycles. The van der Waals surface area contributed by atoms with Crippen LogP contribution in [0.3, 0.4) is 0 Å². The summed E-state index contributed by atoms with van der Waals surface area (Å²) in [7, 11) is 0. The second-order valence-corrected chi connectivity index (χ2v) is 6.24. The monoisotopic (exact) mass is 315 g/mol. The Hall–Kier alpha value is -0.0500. The number of benzene rings is 1. The molecule has 0 spiro atoms. The molecule has 0 amide bonds. The van der Waals surface area contributed by atoms with Crippen LogP contribution in [0.25, 0.3) is 0 Å². The summed E-state index contributed by atoms with van der Waals surface area (Å²) < 4.78 is 1.09. The lowest BCUT2D eigenvalue weighted by molar-refractivity contribution is 0.380. The van der Waals surface area contributed by atoms with Gasteiger partial charge >= 0.3 is 0 Å². The molecule has 1 N–H and O–H groups in total. The zero-order chi connectivity index (χ0) is 12.3. The van der Waals surface area contributed by atoms with Crippen LogP contribution in [0.1, 0.15) is 38.2 Å². The van der Waals surface area contributed by atoms with Crippen LogP contribution in [0.5, 0.6) is 0 Å². The molecule has 94 valence electrons. The van der Waals surface area contributed by atoms with E-state index in [9.17, 15) is 0 Å². The van der Waals surface area contributed by atoms with E-state index >= 15 is 0 Å². The van der Waals surface area contributed by atoms with E-state index in [1.165, 1.54) is 31.2 Å². The Morgan fingerprint density at radius 1 is 1.41 bits per heavy atom. The number of nitrogens with one attached hydrogen (secondary N) is 1. The molecule has 3 heteroatoms. The third kappa shape index (κ3) is 3.70. The highest BCUT2D eigenvalue weighted by Gasteiger charge is 2.20. The summed E-state index contributed by atoms with van der Waals surface area (Å²) in [6.45, 7) is 3.22. The van der Waals surface area contributed by atoms with Crippen LogP contribution in [0.2, 0.25) is 5.02 Å². The van der Waals surface area contributed by atoms with E-state index in [1.54, 1.807) is 0 Å². The fourth-order valence-electron chi connectivity index (χ4n) is 2.56. The lowest BCUT2D eigenvalue weighted by Crippen LogP contribution is -2.31. The molecule has 0 saturated heterocycles. The minimum atomic E-state index is 0.611. The first-order valence-corrected chi connectivity index (χ1v) is 7.51. The van der Waals surface area contributed by atoms with Gasteiger partial charge < -0.3 is 5.32 Å². The number of rotatable bonds is 4. The third-order valence-electron chi connectivity index (χ3n) is 3.74. The summed E-state index contributed by atoms with van der Waals surface area (Å²) in [5.41, 5.74) is 1.28. The van der Waals surface area contributed by atoms with Crippen molar-refractivity contribution < 1.29 is 0 Å². The molecule has 1 atom stereocenters. The summed E-state index contributed by atoms with van der Waals surface area (Å²) in [4.78, 5) is 0. The van der Waals surface area contributed by atoms with Gasteiger partial charge in [-0.25, -0.2) is 0 Å². The van der Waals surface area contributed by atoms with Gasteiger partial charge in [0, 0.05) is 22.1 Å². The summed E-state index contributed by atoms with van der Waals surface area (Å²) in [5, 5.41) is 4.41. The Labute approximate surface area is 117 Å². The van der Waals surface area contributed by atoms with E-state index in [4.69, 9.17) is 11.6 Å². The van der Waals surface area contributed by atoms with Crippen molar-refractivity contribution in [2.75, 3.05) is 0 Å². The first-order chi connectivity index (χ1) is 8.16. The Kier molecular flexibility index (Phi) is 4.89. The third-order valence-corrected chi connectivity index (χ3v) is 4.71. The first kappa shape index (κ1) is 13.4. The van der Waals surface area contributed by atoms with Gasteiger partial charge in [0.05, 0.1) is 0 Å². The second kappa shape index (κ2) is 6.21. The molecule has 1 aliphatic rings. The van der Waals surface area contributed by atoms with Gasteiger partial charge in [-0.05, 0) is 43.4 Å². The van der Waals surface area contributed by atoms with Crippen molar-refractivity contribution >= 4 is 27.5 Å². The van der Waals surface area contributed by atoms with Gasteiger partial charge in [0.25, 0.3) is 0 Å². The fourth-order valence-corrected chi connectivity index (χ4v) is 3.38. The first-order valence-electron chi connectivity index (χ1n) is 6.34. The van der Waals surface area contributed by atoms with Crippen molar-refractivity contribution in [3.05, 3.63) is 33.3 Å². The zero-order valence-electron chi connectivity index (χ0n) is 10.2. The molecular formula is C14H19BrClN. The normalized spacial score (nSPS) is 18.5. The molecular weight excluding hydrogens is 298 g/mol. The molecule has 0 radical (unpaired) electrons. The van der Waals surface area contributed by atoms with Crippen molar-refractivity contribution in [1.29, 1.82) is 0 Å². The van der Waals surface area contributed by atoms with Gasteiger partial charge in [-0.2, -0.15) is 0 Å². The SMILES string of the molecule is C[C@H](NCc1ccc(Cl)cc1Br)C1CCCC1. The lowest BCUT2D eigenvalue weighted by Gasteiger charge is -2.20. The van der Waals surface area contributed by atoms with Crippen LogP contribution in [-0.2, 0) is 6.54 Å². The largest absolute Gasteiger partial charge is 0.310 e. The van der Waals surface area contributed by atoms with Crippen LogP contribution in [0.15, 0.2) is 22.7 Å². The molecule has 0 aliphatic heterocycles. The predicted octanol–water partition coefficient (Wildman–Crippen LogP) is 4.77. The standard InChI is InChI=1S/C14H19BrClN/c1-10(11-4-2-3-5-11)17-9-12-6-7-13(16)8-14(12)15/h6-8,10-11,17H,2-5,9H2,1H3/t10-/m0/s1. The smallest absolute Gasteiger partial charge is 0.0417 e. The fraction of sp³-hybridized carbons (Fsp3) is 0.571. The minimum Gasteiger partial charge on any atom is -0.310 e. The summed E-state index contributed by atoms with van der Waals surface area (Å²) in [6.07, 6.45) is 5.58. The molecule has 1 aliphatic carbocycles. The van der Waals surface area contributed by atoms with Crippen molar-refractivity contribution in [2.45, 2.75) is 45.2 Å². The number of hydrogen-bond acceptors (Lipinski definition) is 1. The van der Waals surface area contributed by atoms with Crippen molar-refractivity contribution in [2.24, 2.45) is 5.92 Å². The molecule has 0 aromatic heterocycles. The van der Waals surface area contributed by atoms with Gasteiger partial charge in [-0.15, -0.1) is 0 Å². The Balaban J connectivity index is 1.88. The maximum Gasteiger partial charge on any atom is 0.0417 e. The highest BCUT2D eigenvalue weighted by Crippen LogP contribution is 2.28. The highest BCUT2D eigenvalue weighted by molar-refractivity contribution is 9.10. The van der Waals surface area contributed by atoms with Crippen molar-refractivity contribution in [1.82, 2.24) is 5.32 Å². The van der Waals surface area contributed by atoms with Crippen molar-refractivity contribution in [3.8, 4) is 0 Å². The van der Waals surface area contributed by atoms with E-state index in [0.29, 0.717) is 6.04 Å². The Bertz CT molecular complexity index is 374. The number of hydrogen-bond donors (Lipinski definition) is 1. The topological polar surface area (TPSA) is 12.0 Å². The molecule has 0 heterocycles. The number of halogens is 2. The van der Waals surface area contributed by atoms with E-state index in [1.807, 2.05) is 12.1 Å². The molecule has 1 fully saturated rings. The van der Waals surface area contributed by atoms with Gasteiger partial charge in [0.15, 0.2) is 0 Å². The molecule has 2 rings (SSSR count). The minimum absolute atomic E-state index is 0.611. The molecule has 0 bridgehead atoms. The van der Waals surface area contributed by atoms with E-state index < -0.39 is 0 Å². The van der Waals surface area contributed by atoms with Crippen LogP contribution >= 0.6 is 27.5 Å². The molecule has 1 saturated carbocycles. The van der Waals surface area contributed by atoms with Gasteiger partial charge in [-0.3, -0.25) is 0 Å². The summed E-state index contributed by atoms with van der Waals surface area (Å²) >= 11 is 9.49. The van der Waals surface area contributed by atoms with Crippen LogP contribution in [0.4, 0.5) is 0 Å². The average molecular weight is 317 g/mol. The quantitative estimate of drug-likeness (QED) is 0.843. The van der Waals surface area contributed by atoms with E-state index in [0.717, 1.165) is 22.0 Å². The van der Waals surface area contributed by atoms with Gasteiger partial charge in [0.2, 0.25) is 0 Å². The molecule has 17 heavy (non-hydrogen) atoms. The Morgan fingerprint density at radius 2 is 2.12 bits per heavy atom. The summed E-state index contributed by atoms with van der Waals surface area (Å²) in [5.74, 6) is 0.862. The molecule has 0 unspecified atom stereocenters. The van der Waals surface area contributed by atoms with E-state index in [2.05, 4.69) is 34.2 Å². The maximum atomic E-state index is 5.93. The highest BCUT2D eigenvalue weighted by atomic mass is 79.9. The zero-order valence-corrected chi connectivity index (χ0v) is 12.5. The summed E-state index contributed by atoms with van der Waals surface area (Å²) in [6, 6.07) is 6.60. The lowest BCUT2D eigenvalue weighted by atomic mass is 9.99. The predicted molar refractivity (Wildman–Crippen MR) is 77.4 cm³/mol. The van der Waals surface area contributed by atoms with Crippen LogP contribution < -0.4 is 5.32 Å². The van der Waals surface area contributed by atoms with Gasteiger partial charge in [0.1, 0.15) is 0 Å². The average Bonchev–Trinajstić information content (AvgIpc) is 2.81. The van der Waals surface area contributed by atoms with Crippen molar-refractivity contribution in [3.63, 3.8) is 0 Å². The molecule has 1 nitrogen and oxygen atoms in total. The van der Waals surface area contributed by atoms with Crippen LogP contribution in [-0.4, -0.2) is 6.04 Å². The van der Waals surface area contributed by atoms with Crippen LogP contribution in [0, 0.1) is 5.92 Å². The second-order valence-electron chi connectivity index (χ2n) is 4.95. The molecule has 1 aromatic rings. The maximum absolute atomic E-state index is 5.93. The van der Waals surface area contributed by atoms with Gasteiger partial charge in [-0.1, -0.05) is 46.4 Å². The van der Waals surface area contributed by atoms with E-state index in [-0.39, 0.29) is 0 Å². The Morgan fingerprint density at radius 3 is 2.76 bits per heavy atom.